The predicted octanol–water partition coefficient (Wildman–Crippen LogP) is 3.49. The van der Waals surface area contributed by atoms with Gasteiger partial charge in [-0.25, -0.2) is 4.39 Å². The Kier molecular flexibility index (Phi) is 3.25. The Morgan fingerprint density at radius 1 is 0.882 bits per heavy atom. The van der Waals surface area contributed by atoms with E-state index in [1.54, 1.807) is 12.1 Å². The second-order valence-corrected chi connectivity index (χ2v) is 4.37. The summed E-state index contributed by atoms with van der Waals surface area (Å²) in [5.41, 5.74) is 10.6. The van der Waals surface area contributed by atoms with Gasteiger partial charge in [0.1, 0.15) is 5.82 Å². The summed E-state index contributed by atoms with van der Waals surface area (Å²) in [5.74, 6) is -0.235. The van der Waals surface area contributed by atoms with Crippen LogP contribution in [0.2, 0.25) is 0 Å². The van der Waals surface area contributed by atoms with E-state index in [1.807, 2.05) is 6.07 Å². The van der Waals surface area contributed by atoms with Gasteiger partial charge in [0, 0.05) is 0 Å². The molecule has 0 aromatic heterocycles. The quantitative estimate of drug-likeness (QED) is 0.838. The van der Waals surface area contributed by atoms with Gasteiger partial charge in [0.05, 0.1) is 6.04 Å². The first-order valence-corrected chi connectivity index (χ1v) is 5.66. The summed E-state index contributed by atoms with van der Waals surface area (Å²) in [6.07, 6.45) is 0. The van der Waals surface area contributed by atoms with Gasteiger partial charge in [-0.15, -0.1) is 0 Å². The Hall–Kier alpha value is -1.67. The van der Waals surface area contributed by atoms with E-state index in [9.17, 15) is 4.39 Å². The maximum absolute atomic E-state index is 12.8. The average molecular weight is 229 g/mol. The van der Waals surface area contributed by atoms with Crippen molar-refractivity contribution >= 4 is 0 Å². The highest BCUT2D eigenvalue weighted by Crippen LogP contribution is 2.21. The normalized spacial score (nSPS) is 12.5. The van der Waals surface area contributed by atoms with Crippen LogP contribution in [0.25, 0.3) is 0 Å². The van der Waals surface area contributed by atoms with Crippen molar-refractivity contribution in [1.82, 2.24) is 0 Å². The SMILES string of the molecule is Cc1ccc(C(N)c2ccc(F)cc2)cc1C. The lowest BCUT2D eigenvalue weighted by atomic mass is 9.96. The van der Waals surface area contributed by atoms with Crippen molar-refractivity contribution in [3.05, 3.63) is 70.5 Å². The number of aryl methyl sites for hydroxylation is 2. The second-order valence-electron chi connectivity index (χ2n) is 4.37. The minimum absolute atomic E-state index is 0.199. The summed E-state index contributed by atoms with van der Waals surface area (Å²) in [5, 5.41) is 0. The predicted molar refractivity (Wildman–Crippen MR) is 68.3 cm³/mol. The molecule has 0 amide bonds. The summed E-state index contributed by atoms with van der Waals surface area (Å²) in [6.45, 7) is 4.14. The largest absolute Gasteiger partial charge is 0.320 e. The molecule has 0 bridgehead atoms. The molecule has 1 nitrogen and oxygen atoms in total. The van der Waals surface area contributed by atoms with Gasteiger partial charge >= 0.3 is 0 Å². The molecule has 17 heavy (non-hydrogen) atoms. The van der Waals surface area contributed by atoms with Crippen molar-refractivity contribution in [3.63, 3.8) is 0 Å². The highest BCUT2D eigenvalue weighted by molar-refractivity contribution is 5.36. The van der Waals surface area contributed by atoms with E-state index in [-0.39, 0.29) is 11.9 Å². The van der Waals surface area contributed by atoms with Crippen LogP contribution in [0.4, 0.5) is 4.39 Å². The van der Waals surface area contributed by atoms with Gasteiger partial charge in [-0.05, 0) is 48.2 Å². The Bertz CT molecular complexity index is 517. The van der Waals surface area contributed by atoms with Crippen molar-refractivity contribution in [3.8, 4) is 0 Å². The molecule has 2 aromatic carbocycles. The smallest absolute Gasteiger partial charge is 0.123 e. The zero-order valence-electron chi connectivity index (χ0n) is 10.1. The third-order valence-electron chi connectivity index (χ3n) is 3.12. The van der Waals surface area contributed by atoms with E-state index in [4.69, 9.17) is 5.73 Å². The number of rotatable bonds is 2. The van der Waals surface area contributed by atoms with Crippen molar-refractivity contribution in [2.24, 2.45) is 5.73 Å². The van der Waals surface area contributed by atoms with Crippen LogP contribution >= 0.6 is 0 Å². The molecule has 0 aliphatic rings. The van der Waals surface area contributed by atoms with Gasteiger partial charge in [-0.2, -0.15) is 0 Å². The van der Waals surface area contributed by atoms with Crippen LogP contribution in [0.1, 0.15) is 28.3 Å². The second kappa shape index (κ2) is 4.68. The van der Waals surface area contributed by atoms with Crippen LogP contribution in [0, 0.1) is 19.7 Å². The number of halogens is 1. The molecule has 0 fully saturated rings. The van der Waals surface area contributed by atoms with Crippen LogP contribution in [0.5, 0.6) is 0 Å². The Morgan fingerprint density at radius 3 is 2.06 bits per heavy atom. The van der Waals surface area contributed by atoms with Crippen LogP contribution < -0.4 is 5.73 Å². The van der Waals surface area contributed by atoms with E-state index in [0.717, 1.165) is 11.1 Å². The van der Waals surface area contributed by atoms with Gasteiger partial charge in [-0.3, -0.25) is 0 Å². The molecule has 0 aliphatic carbocycles. The van der Waals surface area contributed by atoms with E-state index in [1.165, 1.54) is 23.3 Å². The first-order chi connectivity index (χ1) is 8.08. The Labute approximate surface area is 101 Å². The molecule has 1 unspecified atom stereocenters. The first kappa shape index (κ1) is 11.8. The Morgan fingerprint density at radius 2 is 1.47 bits per heavy atom. The fourth-order valence-electron chi connectivity index (χ4n) is 1.82. The average Bonchev–Trinajstić information content (AvgIpc) is 2.33. The maximum atomic E-state index is 12.8. The third-order valence-corrected chi connectivity index (χ3v) is 3.12. The molecule has 2 rings (SSSR count). The molecule has 88 valence electrons. The van der Waals surface area contributed by atoms with Crippen LogP contribution in [-0.2, 0) is 0 Å². The zero-order chi connectivity index (χ0) is 12.4. The van der Waals surface area contributed by atoms with Crippen molar-refractivity contribution in [2.75, 3.05) is 0 Å². The number of hydrogen-bond donors (Lipinski definition) is 1. The van der Waals surface area contributed by atoms with Gasteiger partial charge in [0.25, 0.3) is 0 Å². The lowest BCUT2D eigenvalue weighted by molar-refractivity contribution is 0.626. The molecule has 2 heteroatoms. The van der Waals surface area contributed by atoms with Crippen molar-refractivity contribution < 1.29 is 4.39 Å². The lowest BCUT2D eigenvalue weighted by Crippen LogP contribution is -2.12. The molecule has 0 saturated carbocycles. The number of hydrogen-bond acceptors (Lipinski definition) is 1. The fourth-order valence-corrected chi connectivity index (χ4v) is 1.82. The molecule has 0 saturated heterocycles. The molecule has 2 aromatic rings. The highest BCUT2D eigenvalue weighted by atomic mass is 19.1. The van der Waals surface area contributed by atoms with Gasteiger partial charge in [0.2, 0.25) is 0 Å². The molecule has 0 spiro atoms. The molecule has 0 heterocycles. The van der Waals surface area contributed by atoms with Crippen LogP contribution in [0.3, 0.4) is 0 Å². The number of benzene rings is 2. The van der Waals surface area contributed by atoms with Crippen LogP contribution in [-0.4, -0.2) is 0 Å². The van der Waals surface area contributed by atoms with Gasteiger partial charge in [0.15, 0.2) is 0 Å². The molecule has 1 atom stereocenters. The molecular formula is C15H16FN. The molecule has 0 radical (unpaired) electrons. The standard InChI is InChI=1S/C15H16FN/c1-10-3-4-13(9-11(10)2)15(17)12-5-7-14(16)8-6-12/h3-9,15H,17H2,1-2H3. The Balaban J connectivity index is 2.33. The van der Waals surface area contributed by atoms with Crippen LogP contribution in [0.15, 0.2) is 42.5 Å². The summed E-state index contributed by atoms with van der Waals surface area (Å²) < 4.78 is 12.8. The summed E-state index contributed by atoms with van der Waals surface area (Å²) in [7, 11) is 0. The fraction of sp³-hybridized carbons (Fsp3) is 0.200. The van der Waals surface area contributed by atoms with E-state index < -0.39 is 0 Å². The van der Waals surface area contributed by atoms with E-state index in [0.29, 0.717) is 0 Å². The minimum atomic E-state index is -0.235. The monoisotopic (exact) mass is 229 g/mol. The highest BCUT2D eigenvalue weighted by Gasteiger charge is 2.09. The van der Waals surface area contributed by atoms with Crippen molar-refractivity contribution in [1.29, 1.82) is 0 Å². The number of nitrogens with two attached hydrogens (primary N) is 1. The first-order valence-electron chi connectivity index (χ1n) is 5.66. The molecule has 0 aliphatic heterocycles. The van der Waals surface area contributed by atoms with E-state index in [2.05, 4.69) is 26.0 Å². The maximum Gasteiger partial charge on any atom is 0.123 e. The lowest BCUT2D eigenvalue weighted by Gasteiger charge is -2.14. The topological polar surface area (TPSA) is 26.0 Å². The summed E-state index contributed by atoms with van der Waals surface area (Å²) in [4.78, 5) is 0. The van der Waals surface area contributed by atoms with E-state index >= 15 is 0 Å². The summed E-state index contributed by atoms with van der Waals surface area (Å²) >= 11 is 0. The molecule has 2 N–H and O–H groups in total. The zero-order valence-corrected chi connectivity index (χ0v) is 10.1. The van der Waals surface area contributed by atoms with Gasteiger partial charge < -0.3 is 5.73 Å². The molecular weight excluding hydrogens is 213 g/mol. The third kappa shape index (κ3) is 2.53. The summed E-state index contributed by atoms with van der Waals surface area (Å²) in [6, 6.07) is 12.3. The minimum Gasteiger partial charge on any atom is -0.320 e. The van der Waals surface area contributed by atoms with Crippen molar-refractivity contribution in [2.45, 2.75) is 19.9 Å². The van der Waals surface area contributed by atoms with Gasteiger partial charge in [-0.1, -0.05) is 30.3 Å².